The van der Waals surface area contributed by atoms with Gasteiger partial charge in [-0.15, -0.1) is 0 Å². The highest BCUT2D eigenvalue weighted by Crippen LogP contribution is 2.18. The fourth-order valence-corrected chi connectivity index (χ4v) is 2.16. The van der Waals surface area contributed by atoms with Crippen LogP contribution < -0.4 is 10.9 Å². The molecule has 5 nitrogen and oxygen atoms in total. The zero-order valence-electron chi connectivity index (χ0n) is 11.0. The van der Waals surface area contributed by atoms with E-state index < -0.39 is 5.97 Å². The molecule has 5 heteroatoms. The minimum Gasteiger partial charge on any atom is -0.478 e. The predicted molar refractivity (Wildman–Crippen MR) is 81.3 cm³/mol. The number of aromatic amines is 1. The molecule has 0 bridgehead atoms. The Morgan fingerprint density at radius 2 is 1.86 bits per heavy atom. The van der Waals surface area contributed by atoms with Gasteiger partial charge in [-0.1, -0.05) is 24.3 Å². The van der Waals surface area contributed by atoms with Gasteiger partial charge < -0.3 is 15.4 Å². The molecule has 1 aromatic heterocycles. The van der Waals surface area contributed by atoms with Crippen molar-refractivity contribution >= 4 is 28.2 Å². The zero-order chi connectivity index (χ0) is 14.8. The summed E-state index contributed by atoms with van der Waals surface area (Å²) < 4.78 is 0. The number of aromatic carboxylic acids is 1. The lowest BCUT2D eigenvalue weighted by atomic mass is 10.1. The van der Waals surface area contributed by atoms with Crippen LogP contribution in [0.15, 0.2) is 59.4 Å². The third kappa shape index (κ3) is 2.62. The Kier molecular flexibility index (Phi) is 3.16. The van der Waals surface area contributed by atoms with Gasteiger partial charge in [0.25, 0.3) is 5.56 Å². The summed E-state index contributed by atoms with van der Waals surface area (Å²) in [6, 6.07) is 15.5. The van der Waals surface area contributed by atoms with E-state index in [-0.39, 0.29) is 11.1 Å². The maximum atomic E-state index is 12.0. The van der Waals surface area contributed by atoms with Gasteiger partial charge in [-0.05, 0) is 35.7 Å². The summed E-state index contributed by atoms with van der Waals surface area (Å²) in [7, 11) is 0. The topological polar surface area (TPSA) is 82.2 Å². The van der Waals surface area contributed by atoms with E-state index in [0.717, 1.165) is 5.39 Å². The first-order valence-corrected chi connectivity index (χ1v) is 6.36. The van der Waals surface area contributed by atoms with Crippen molar-refractivity contribution in [2.75, 3.05) is 5.32 Å². The van der Waals surface area contributed by atoms with E-state index in [1.807, 2.05) is 18.2 Å². The molecule has 0 atom stereocenters. The summed E-state index contributed by atoms with van der Waals surface area (Å²) in [5, 5.41) is 13.4. The number of carboxylic acid groups (broad SMARTS) is 1. The fourth-order valence-electron chi connectivity index (χ4n) is 2.16. The molecule has 3 N–H and O–H groups in total. The van der Waals surface area contributed by atoms with Crippen LogP contribution in [-0.4, -0.2) is 16.1 Å². The molecule has 0 aliphatic rings. The van der Waals surface area contributed by atoms with Crippen LogP contribution in [-0.2, 0) is 0 Å². The largest absolute Gasteiger partial charge is 0.478 e. The quantitative estimate of drug-likeness (QED) is 0.689. The number of benzene rings is 2. The number of hydrogen-bond donors (Lipinski definition) is 3. The average molecular weight is 280 g/mol. The lowest BCUT2D eigenvalue weighted by Gasteiger charge is -2.08. The van der Waals surface area contributed by atoms with Crippen LogP contribution in [0.1, 0.15) is 10.4 Å². The van der Waals surface area contributed by atoms with Gasteiger partial charge in [0.05, 0.1) is 5.56 Å². The molecule has 3 rings (SSSR count). The van der Waals surface area contributed by atoms with E-state index in [1.165, 1.54) is 12.1 Å². The Hall–Kier alpha value is -3.08. The van der Waals surface area contributed by atoms with Gasteiger partial charge >= 0.3 is 5.97 Å². The third-order valence-electron chi connectivity index (χ3n) is 3.14. The standard InChI is InChI=1S/C16H12N2O3/c19-15-13-7-2-1-4-10(13)9-14(18-15)17-12-6-3-5-11(8-12)16(20)21/h1-9H,(H,20,21)(H2,17,18,19). The van der Waals surface area contributed by atoms with Crippen LogP contribution in [0.25, 0.3) is 10.8 Å². The normalized spacial score (nSPS) is 10.5. The average Bonchev–Trinajstić information content (AvgIpc) is 2.47. The summed E-state index contributed by atoms with van der Waals surface area (Å²) in [5.41, 5.74) is 0.592. The number of aromatic nitrogens is 1. The molecule has 0 aliphatic carbocycles. The van der Waals surface area contributed by atoms with Gasteiger partial charge in [-0.2, -0.15) is 0 Å². The summed E-state index contributed by atoms with van der Waals surface area (Å²) >= 11 is 0. The van der Waals surface area contributed by atoms with Gasteiger partial charge in [0, 0.05) is 11.1 Å². The number of H-pyrrole nitrogens is 1. The number of nitrogens with one attached hydrogen (secondary N) is 2. The zero-order valence-corrected chi connectivity index (χ0v) is 11.0. The first-order chi connectivity index (χ1) is 10.1. The van der Waals surface area contributed by atoms with Crippen molar-refractivity contribution in [3.05, 3.63) is 70.5 Å². The lowest BCUT2D eigenvalue weighted by molar-refractivity contribution is 0.0697. The highest BCUT2D eigenvalue weighted by molar-refractivity contribution is 5.89. The van der Waals surface area contributed by atoms with Crippen LogP contribution in [0.4, 0.5) is 11.5 Å². The van der Waals surface area contributed by atoms with Crippen LogP contribution >= 0.6 is 0 Å². The molecule has 21 heavy (non-hydrogen) atoms. The monoisotopic (exact) mass is 280 g/mol. The molecule has 0 aliphatic heterocycles. The van der Waals surface area contributed by atoms with Crippen molar-refractivity contribution < 1.29 is 9.90 Å². The SMILES string of the molecule is O=C(O)c1cccc(Nc2cc3ccccc3c(=O)[nH]2)c1. The van der Waals surface area contributed by atoms with Crippen LogP contribution in [0.3, 0.4) is 0 Å². The molecule has 1 heterocycles. The molecule has 0 radical (unpaired) electrons. The van der Waals surface area contributed by atoms with E-state index in [2.05, 4.69) is 10.3 Å². The van der Waals surface area contributed by atoms with Crippen molar-refractivity contribution in [3.8, 4) is 0 Å². The summed E-state index contributed by atoms with van der Waals surface area (Å²) in [5.74, 6) is -0.480. The predicted octanol–water partition coefficient (Wildman–Crippen LogP) is 2.97. The van der Waals surface area contributed by atoms with Gasteiger partial charge in [-0.3, -0.25) is 4.79 Å². The molecule has 104 valence electrons. The molecule has 0 saturated carbocycles. The molecular weight excluding hydrogens is 268 g/mol. The minimum absolute atomic E-state index is 0.183. The van der Waals surface area contributed by atoms with Gasteiger partial charge in [-0.25, -0.2) is 4.79 Å². The van der Waals surface area contributed by atoms with E-state index in [4.69, 9.17) is 5.11 Å². The number of hydrogen-bond acceptors (Lipinski definition) is 3. The number of rotatable bonds is 3. The molecule has 0 saturated heterocycles. The number of fused-ring (bicyclic) bond motifs is 1. The van der Waals surface area contributed by atoms with Gasteiger partial charge in [0.1, 0.15) is 5.82 Å². The van der Waals surface area contributed by atoms with E-state index in [9.17, 15) is 9.59 Å². The Balaban J connectivity index is 2.00. The Morgan fingerprint density at radius 1 is 1.05 bits per heavy atom. The second kappa shape index (κ2) is 5.13. The van der Waals surface area contributed by atoms with Crippen LogP contribution in [0, 0.1) is 0 Å². The minimum atomic E-state index is -0.995. The Labute approximate surface area is 119 Å². The highest BCUT2D eigenvalue weighted by atomic mass is 16.4. The molecule has 0 amide bonds. The number of anilines is 2. The summed E-state index contributed by atoms with van der Waals surface area (Å²) in [6.45, 7) is 0. The molecule has 0 fully saturated rings. The molecule has 3 aromatic rings. The molecule has 0 unspecified atom stereocenters. The van der Waals surface area contributed by atoms with Crippen molar-refractivity contribution in [2.45, 2.75) is 0 Å². The van der Waals surface area contributed by atoms with Crippen molar-refractivity contribution in [1.82, 2.24) is 4.98 Å². The molecule has 0 spiro atoms. The summed E-state index contributed by atoms with van der Waals surface area (Å²) in [4.78, 5) is 25.7. The first-order valence-electron chi connectivity index (χ1n) is 6.36. The van der Waals surface area contributed by atoms with Crippen LogP contribution in [0.2, 0.25) is 0 Å². The van der Waals surface area contributed by atoms with Gasteiger partial charge in [0.15, 0.2) is 0 Å². The second-order valence-electron chi connectivity index (χ2n) is 4.61. The van der Waals surface area contributed by atoms with E-state index in [1.54, 1.807) is 24.3 Å². The van der Waals surface area contributed by atoms with Crippen LogP contribution in [0.5, 0.6) is 0 Å². The van der Waals surface area contributed by atoms with Gasteiger partial charge in [0.2, 0.25) is 0 Å². The fraction of sp³-hybridized carbons (Fsp3) is 0. The number of carbonyl (C=O) groups is 1. The maximum absolute atomic E-state index is 12.0. The highest BCUT2D eigenvalue weighted by Gasteiger charge is 2.05. The number of carboxylic acids is 1. The van der Waals surface area contributed by atoms with Crippen molar-refractivity contribution in [1.29, 1.82) is 0 Å². The third-order valence-corrected chi connectivity index (χ3v) is 3.14. The summed E-state index contributed by atoms with van der Waals surface area (Å²) in [6.07, 6.45) is 0. The Bertz CT molecular complexity index is 884. The maximum Gasteiger partial charge on any atom is 0.335 e. The second-order valence-corrected chi connectivity index (χ2v) is 4.61. The first kappa shape index (κ1) is 12.9. The smallest absolute Gasteiger partial charge is 0.335 e. The lowest BCUT2D eigenvalue weighted by Crippen LogP contribution is -2.09. The van der Waals surface area contributed by atoms with E-state index in [0.29, 0.717) is 16.9 Å². The van der Waals surface area contributed by atoms with Crippen molar-refractivity contribution in [3.63, 3.8) is 0 Å². The molecule has 2 aromatic carbocycles. The van der Waals surface area contributed by atoms with Crippen molar-refractivity contribution in [2.24, 2.45) is 0 Å². The Morgan fingerprint density at radius 3 is 2.67 bits per heavy atom. The van der Waals surface area contributed by atoms with E-state index >= 15 is 0 Å². The molecular formula is C16H12N2O3. The number of pyridine rings is 1.